The van der Waals surface area contributed by atoms with Gasteiger partial charge in [0.1, 0.15) is 34.4 Å². The summed E-state index contributed by atoms with van der Waals surface area (Å²) in [6, 6.07) is 15.8. The lowest BCUT2D eigenvalue weighted by Gasteiger charge is -2.25. The number of azo groups is 2. The van der Waals surface area contributed by atoms with Gasteiger partial charge in [-0.15, -0.1) is 20.5 Å². The Morgan fingerprint density at radius 3 is 1.68 bits per heavy atom. The van der Waals surface area contributed by atoms with Crippen molar-refractivity contribution >= 4 is 121 Å². The van der Waals surface area contributed by atoms with Crippen LogP contribution in [0.3, 0.4) is 0 Å². The molecule has 21 nitrogen and oxygen atoms in total. The summed E-state index contributed by atoms with van der Waals surface area (Å²) < 4.78 is 58.2. The molecule has 0 fully saturated rings. The topological polar surface area (TPSA) is 256 Å². The number of fused-ring (bicyclic) bond motifs is 2. The number of methoxy groups -OCH3 is 4. The second-order valence-corrected chi connectivity index (χ2v) is 18.6. The van der Waals surface area contributed by atoms with Gasteiger partial charge < -0.3 is 44.5 Å². The summed E-state index contributed by atoms with van der Waals surface area (Å²) in [5.74, 6) is 2.30. The van der Waals surface area contributed by atoms with Crippen LogP contribution in [0.2, 0.25) is 0 Å². The molecule has 7 aromatic rings. The number of nitrogens with one attached hydrogen (secondary N) is 2. The molecule has 68 heavy (non-hydrogen) atoms. The largest absolute Gasteiger partial charge is 0.497 e. The molecule has 4 N–H and O–H groups in total. The Hall–Kier alpha value is -6.51. The molecule has 0 unspecified atom stereocenters. The van der Waals surface area contributed by atoms with Crippen LogP contribution in [0.25, 0.3) is 20.4 Å². The lowest BCUT2D eigenvalue weighted by atomic mass is 10.2. The third kappa shape index (κ3) is 11.1. The van der Waals surface area contributed by atoms with Gasteiger partial charge in [0, 0.05) is 44.1 Å². The van der Waals surface area contributed by atoms with Crippen molar-refractivity contribution < 1.29 is 37.0 Å². The van der Waals surface area contributed by atoms with Gasteiger partial charge in [0.15, 0.2) is 10.1 Å². The molecular formula is C43H49N13O8S4. The third-order valence-corrected chi connectivity index (χ3v) is 14.0. The van der Waals surface area contributed by atoms with E-state index in [1.807, 2.05) is 44.2 Å². The first-order chi connectivity index (χ1) is 32.9. The fraction of sp³-hybridized carbons (Fsp3) is 0.326. The van der Waals surface area contributed by atoms with E-state index in [4.69, 9.17) is 33.9 Å². The van der Waals surface area contributed by atoms with E-state index in [9.17, 15) is 18.1 Å². The Morgan fingerprint density at radius 1 is 0.647 bits per heavy atom. The number of aromatic nitrogens is 5. The van der Waals surface area contributed by atoms with Crippen LogP contribution in [0, 0.1) is 0 Å². The van der Waals surface area contributed by atoms with Gasteiger partial charge in [-0.3, -0.25) is 4.55 Å². The molecule has 0 radical (unpaired) electrons. The molecular weight excluding hydrogens is 955 g/mol. The van der Waals surface area contributed by atoms with Crippen molar-refractivity contribution in [2.45, 2.75) is 37.7 Å². The predicted molar refractivity (Wildman–Crippen MR) is 268 cm³/mol. The molecule has 3 aromatic heterocycles. The summed E-state index contributed by atoms with van der Waals surface area (Å²) in [7, 11) is 1.38. The minimum Gasteiger partial charge on any atom is -0.497 e. The second kappa shape index (κ2) is 22.1. The van der Waals surface area contributed by atoms with E-state index in [1.54, 1.807) is 39.5 Å². The lowest BCUT2D eigenvalue weighted by molar-refractivity contribution is 0.322. The molecule has 0 spiro atoms. The summed E-state index contributed by atoms with van der Waals surface area (Å²) >= 11 is 3.50. The van der Waals surface area contributed by atoms with E-state index in [0.717, 1.165) is 32.9 Å². The number of nitrogens with zero attached hydrogens (tertiary/aromatic N) is 11. The van der Waals surface area contributed by atoms with Crippen LogP contribution in [-0.4, -0.2) is 110 Å². The highest BCUT2D eigenvalue weighted by Crippen LogP contribution is 2.44. The van der Waals surface area contributed by atoms with Gasteiger partial charge in [-0.05, 0) is 70.2 Å². The van der Waals surface area contributed by atoms with Crippen LogP contribution < -0.4 is 39.4 Å². The number of rotatable bonds is 22. The van der Waals surface area contributed by atoms with Gasteiger partial charge in [-0.25, -0.2) is 9.97 Å². The quantitative estimate of drug-likeness (QED) is 0.0280. The van der Waals surface area contributed by atoms with Gasteiger partial charge in [0.05, 0.1) is 78.2 Å². The van der Waals surface area contributed by atoms with Gasteiger partial charge >= 0.3 is 0 Å². The number of aliphatic hydroxyl groups is 1. The molecule has 4 aromatic carbocycles. The molecule has 0 aliphatic carbocycles. The second-order valence-electron chi connectivity index (χ2n) is 14.2. The van der Waals surface area contributed by atoms with E-state index in [2.05, 4.69) is 64.7 Å². The Balaban J connectivity index is 1.32. The van der Waals surface area contributed by atoms with E-state index >= 15 is 0 Å². The molecule has 0 atom stereocenters. The molecule has 0 aliphatic heterocycles. The van der Waals surface area contributed by atoms with E-state index in [-0.39, 0.29) is 39.6 Å². The minimum atomic E-state index is -4.68. The number of anilines is 6. The summed E-state index contributed by atoms with van der Waals surface area (Å²) in [6.45, 7) is 10.7. The van der Waals surface area contributed by atoms with Crippen molar-refractivity contribution in [1.82, 2.24) is 24.9 Å². The SMILES string of the molecule is CCN(CC)c1cc(Nc2nc(Nc3cc(N(CC)CC)c(OC)cc3/N=N/c3nc4ccc(OC)c(S(=O)(=O)O)c4s3)nc(SCCO)n2)c(/N=N/c2nc3ccc(OC)cc3s2)cc1OC. The molecule has 0 amide bonds. The maximum atomic E-state index is 12.4. The number of aliphatic hydroxyl groups excluding tert-OH is 1. The summed E-state index contributed by atoms with van der Waals surface area (Å²) in [6.07, 6.45) is 0. The minimum absolute atomic E-state index is 0.0406. The smallest absolute Gasteiger partial charge is 0.299 e. The van der Waals surface area contributed by atoms with E-state index in [0.29, 0.717) is 82.2 Å². The highest BCUT2D eigenvalue weighted by molar-refractivity contribution is 7.99. The van der Waals surface area contributed by atoms with Gasteiger partial charge in [-0.1, -0.05) is 34.4 Å². The summed E-state index contributed by atoms with van der Waals surface area (Å²) in [5.41, 5.74) is 4.20. The Bertz CT molecular complexity index is 3090. The fourth-order valence-electron chi connectivity index (χ4n) is 6.98. The predicted octanol–water partition coefficient (Wildman–Crippen LogP) is 10.5. The Labute approximate surface area is 404 Å². The number of thioether (sulfide) groups is 1. The molecule has 0 bridgehead atoms. The van der Waals surface area contributed by atoms with Crippen LogP contribution in [0.1, 0.15) is 27.7 Å². The number of hydrogen-bond acceptors (Lipinski definition) is 23. The highest BCUT2D eigenvalue weighted by atomic mass is 32.2. The van der Waals surface area contributed by atoms with Crippen molar-refractivity contribution in [2.24, 2.45) is 20.5 Å². The zero-order chi connectivity index (χ0) is 48.5. The monoisotopic (exact) mass is 1000 g/mol. The molecule has 25 heteroatoms. The first-order valence-corrected chi connectivity index (χ1v) is 25.1. The normalized spacial score (nSPS) is 11.8. The van der Waals surface area contributed by atoms with Crippen LogP contribution in [0.15, 0.2) is 85.1 Å². The molecule has 358 valence electrons. The Kier molecular flexibility index (Phi) is 16.0. The lowest BCUT2D eigenvalue weighted by Crippen LogP contribution is -2.22. The van der Waals surface area contributed by atoms with Crippen LogP contribution in [0.5, 0.6) is 23.0 Å². The van der Waals surface area contributed by atoms with Crippen molar-refractivity contribution in [3.63, 3.8) is 0 Å². The molecule has 7 rings (SSSR count). The summed E-state index contributed by atoms with van der Waals surface area (Å²) in [5, 5.41) is 35.5. The molecule has 0 saturated heterocycles. The van der Waals surface area contributed by atoms with Gasteiger partial charge in [0.2, 0.25) is 22.2 Å². The maximum absolute atomic E-state index is 12.4. The van der Waals surface area contributed by atoms with Gasteiger partial charge in [-0.2, -0.15) is 23.4 Å². The van der Waals surface area contributed by atoms with Crippen molar-refractivity contribution in [1.29, 1.82) is 0 Å². The fourth-order valence-corrected chi connectivity index (χ4v) is 10.4. The van der Waals surface area contributed by atoms with Crippen molar-refractivity contribution in [2.75, 3.05) is 87.4 Å². The zero-order valence-corrected chi connectivity index (χ0v) is 41.6. The standard InChI is InChI=1S/C43H49N13O8S4/c1-9-55(10-2)31-20-27(29(22-34(31)63-7)51-53-42-46-25-14-13-24(61-5)19-36(25)66-42)44-39-48-40(50-41(49-39)65-18-17-57)45-28-21-32(56(11-3)12-4)35(64-8)23-30(28)52-54-43-47-26-15-16-33(62-6)38(37(26)67-43)68(58,59)60/h13-16,19-23,57H,9-12,17-18H2,1-8H3,(H,58,59,60)(H2,44,45,48,49,50)/b53-51+,54-52+. The first kappa shape index (κ1) is 49.4. The van der Waals surface area contributed by atoms with Crippen molar-refractivity contribution in [3.8, 4) is 23.0 Å². The Morgan fingerprint density at radius 2 is 1.18 bits per heavy atom. The van der Waals surface area contributed by atoms with Crippen molar-refractivity contribution in [3.05, 3.63) is 54.6 Å². The van der Waals surface area contributed by atoms with E-state index in [1.165, 1.54) is 36.3 Å². The van der Waals surface area contributed by atoms with Crippen LogP contribution >= 0.6 is 34.4 Å². The number of thiazole rings is 2. The van der Waals surface area contributed by atoms with Crippen LogP contribution in [0.4, 0.5) is 56.3 Å². The van der Waals surface area contributed by atoms with Gasteiger partial charge in [0.25, 0.3) is 10.1 Å². The van der Waals surface area contributed by atoms with Crippen LogP contribution in [-0.2, 0) is 10.1 Å². The summed E-state index contributed by atoms with van der Waals surface area (Å²) in [4.78, 5) is 27.2. The average molecular weight is 1000 g/mol. The number of ether oxygens (including phenoxy) is 4. The molecule has 3 heterocycles. The molecule has 0 aliphatic rings. The maximum Gasteiger partial charge on any atom is 0.299 e. The number of hydrogen-bond donors (Lipinski definition) is 4. The average Bonchev–Trinajstić information content (AvgIpc) is 3.96. The third-order valence-electron chi connectivity index (χ3n) is 10.2. The first-order valence-electron chi connectivity index (χ1n) is 21.1. The molecule has 0 saturated carbocycles. The highest BCUT2D eigenvalue weighted by Gasteiger charge is 2.24. The van der Waals surface area contributed by atoms with E-state index < -0.39 is 15.0 Å². The number of benzene rings is 4. The zero-order valence-electron chi connectivity index (χ0n) is 38.3.